The van der Waals surface area contributed by atoms with Gasteiger partial charge in [-0.3, -0.25) is 4.18 Å². The van der Waals surface area contributed by atoms with Crippen LogP contribution in [0, 0.1) is 0 Å². The molecule has 0 saturated heterocycles. The van der Waals surface area contributed by atoms with Gasteiger partial charge in [0.05, 0.1) is 0 Å². The largest absolute Gasteiger partial charge is 1.00 e. The van der Waals surface area contributed by atoms with Crippen molar-refractivity contribution in [3.05, 3.63) is 35.4 Å². The molecule has 1 unspecified atom stereocenters. The molecule has 0 radical (unpaired) electrons. The van der Waals surface area contributed by atoms with E-state index >= 15 is 0 Å². The van der Waals surface area contributed by atoms with Gasteiger partial charge in [0.2, 0.25) is 10.4 Å². The number of hydrogen-bond acceptors (Lipinski definition) is 4. The molecule has 4 nitrogen and oxygen atoms in total. The van der Waals surface area contributed by atoms with E-state index in [2.05, 4.69) is 4.18 Å². The second kappa shape index (κ2) is 14.2. The Morgan fingerprint density at radius 2 is 1.00 bits per heavy atom. The van der Waals surface area contributed by atoms with Crippen molar-refractivity contribution in [1.29, 1.82) is 0 Å². The van der Waals surface area contributed by atoms with Crippen molar-refractivity contribution in [2.75, 3.05) is 0 Å². The van der Waals surface area contributed by atoms with Crippen LogP contribution in [0.25, 0.3) is 0 Å². The fourth-order valence-corrected chi connectivity index (χ4v) is 4.09. The first kappa shape index (κ1) is 43.9. The van der Waals surface area contributed by atoms with E-state index in [1.54, 1.807) is 0 Å². The molecule has 0 fully saturated rings. The monoisotopic (exact) mass is 726 g/mol. The maximum absolute atomic E-state index is 14.5. The third-order valence-electron chi connectivity index (χ3n) is 6.17. The van der Waals surface area contributed by atoms with Crippen molar-refractivity contribution in [1.82, 2.24) is 0 Å². The summed E-state index contributed by atoms with van der Waals surface area (Å²) in [6, 6.07) is -0.145. The number of rotatable bonds is 16. The average molecular weight is 726 g/mol. The van der Waals surface area contributed by atoms with Crippen LogP contribution < -0.4 is 29.6 Å². The molecule has 45 heavy (non-hydrogen) atoms. The molecule has 0 aromatic heterocycles. The van der Waals surface area contributed by atoms with E-state index in [0.717, 1.165) is 6.42 Å². The molecule has 258 valence electrons. The van der Waals surface area contributed by atoms with Gasteiger partial charge in [-0.25, -0.2) is 8.42 Å². The van der Waals surface area contributed by atoms with Crippen LogP contribution in [0.1, 0.15) is 62.7 Å². The normalized spacial score (nSPS) is 15.5. The first-order valence-electron chi connectivity index (χ1n) is 11.8. The third-order valence-corrected chi connectivity index (χ3v) is 6.64. The first-order valence-corrected chi connectivity index (χ1v) is 13.2. The average Bonchev–Trinajstić information content (AvgIpc) is 2.85. The van der Waals surface area contributed by atoms with Crippen LogP contribution in [0.5, 0.6) is 0 Å². The first-order chi connectivity index (χ1) is 19.4. The zero-order valence-electron chi connectivity index (χ0n) is 22.6. The van der Waals surface area contributed by atoms with Crippen LogP contribution in [0.3, 0.4) is 0 Å². The standard InChI is InChI=1S/C22H21F17O4S.Na/c1-2-3-4-5-6-7-14(43-44(40,41)42)12-8-10-13(11-9-12)15(23,24)16(25,26)17(27,28)18(29,30)19(31,32)20(33,34)21(35,36)22(37,38)39;/h8-11,14H,2-7H2,1H3,(H,40,41,42);/q;+1/p-1. The van der Waals surface area contributed by atoms with E-state index in [1.807, 2.05) is 6.92 Å². The maximum Gasteiger partial charge on any atom is 1.00 e. The van der Waals surface area contributed by atoms with Gasteiger partial charge in [0.25, 0.3) is 0 Å². The molecular weight excluding hydrogens is 706 g/mol. The van der Waals surface area contributed by atoms with Gasteiger partial charge < -0.3 is 4.55 Å². The van der Waals surface area contributed by atoms with Crippen molar-refractivity contribution in [2.45, 2.75) is 99.2 Å². The van der Waals surface area contributed by atoms with Gasteiger partial charge in [0.1, 0.15) is 6.10 Å². The molecule has 0 aliphatic carbocycles. The molecule has 1 atom stereocenters. The Kier molecular flexibility index (Phi) is 13.8. The van der Waals surface area contributed by atoms with Gasteiger partial charge in [-0.1, -0.05) is 63.3 Å². The molecule has 1 aromatic rings. The van der Waals surface area contributed by atoms with E-state index in [1.165, 1.54) is 0 Å². The Morgan fingerprint density at radius 3 is 1.38 bits per heavy atom. The zero-order valence-corrected chi connectivity index (χ0v) is 25.4. The number of halogens is 17. The second-order valence-electron chi connectivity index (χ2n) is 9.34. The minimum atomic E-state index is -8.74. The van der Waals surface area contributed by atoms with Gasteiger partial charge in [-0.2, -0.15) is 74.6 Å². The minimum Gasteiger partial charge on any atom is -0.726 e. The molecule has 23 heteroatoms. The summed E-state index contributed by atoms with van der Waals surface area (Å²) in [6.45, 7) is 1.82. The van der Waals surface area contributed by atoms with Gasteiger partial charge in [0, 0.05) is 5.56 Å². The minimum absolute atomic E-state index is 0. The summed E-state index contributed by atoms with van der Waals surface area (Å²) in [4.78, 5) is 0. The predicted molar refractivity (Wildman–Crippen MR) is 113 cm³/mol. The molecule has 1 rings (SSSR count). The topological polar surface area (TPSA) is 66.4 Å². The van der Waals surface area contributed by atoms with Crippen LogP contribution >= 0.6 is 0 Å². The second-order valence-corrected chi connectivity index (χ2v) is 10.3. The maximum atomic E-state index is 14.5. The summed E-state index contributed by atoms with van der Waals surface area (Å²) < 4.78 is 267. The van der Waals surface area contributed by atoms with Crippen molar-refractivity contribution >= 4 is 10.4 Å². The van der Waals surface area contributed by atoms with E-state index in [-0.39, 0.29) is 66.7 Å². The summed E-state index contributed by atoms with van der Waals surface area (Å²) >= 11 is 0. The third kappa shape index (κ3) is 8.14. The Morgan fingerprint density at radius 1 is 0.622 bits per heavy atom. The molecule has 0 bridgehead atoms. The number of benzene rings is 1. The smallest absolute Gasteiger partial charge is 0.726 e. The van der Waals surface area contributed by atoms with Gasteiger partial charge in [-0.15, -0.1) is 0 Å². The van der Waals surface area contributed by atoms with Crippen LogP contribution in [-0.4, -0.2) is 54.7 Å². The van der Waals surface area contributed by atoms with E-state index in [0.29, 0.717) is 19.3 Å². The zero-order chi connectivity index (χ0) is 35.0. The molecule has 0 aliphatic heterocycles. The van der Waals surface area contributed by atoms with Crippen LogP contribution in [0.2, 0.25) is 0 Å². The quantitative estimate of drug-likeness (QED) is 0.0687. The Balaban J connectivity index is 0.0000194. The number of unbranched alkanes of at least 4 members (excludes halogenated alkanes) is 4. The van der Waals surface area contributed by atoms with Gasteiger partial charge in [0.15, 0.2) is 0 Å². The Hall–Kier alpha value is -1.10. The fraction of sp³-hybridized carbons (Fsp3) is 0.727. The van der Waals surface area contributed by atoms with Crippen LogP contribution in [-0.2, 0) is 20.5 Å². The summed E-state index contributed by atoms with van der Waals surface area (Å²) in [5.74, 6) is -57.4. The molecule has 0 saturated carbocycles. The van der Waals surface area contributed by atoms with Crippen molar-refractivity contribution in [3.63, 3.8) is 0 Å². The fourth-order valence-electron chi connectivity index (χ4n) is 3.60. The van der Waals surface area contributed by atoms with E-state index in [4.69, 9.17) is 0 Å². The summed E-state index contributed by atoms with van der Waals surface area (Å²) in [5.41, 5.74) is -3.05. The molecular formula is C22H20F17NaO4S. The summed E-state index contributed by atoms with van der Waals surface area (Å²) in [6.07, 6.45) is -7.42. The Labute approximate surface area is 265 Å². The van der Waals surface area contributed by atoms with Crippen molar-refractivity contribution in [3.8, 4) is 0 Å². The molecule has 0 heterocycles. The molecule has 0 amide bonds. The van der Waals surface area contributed by atoms with Crippen molar-refractivity contribution < 1.29 is 121 Å². The van der Waals surface area contributed by atoms with E-state index in [9.17, 15) is 87.6 Å². The van der Waals surface area contributed by atoms with Crippen LogP contribution in [0.15, 0.2) is 24.3 Å². The Bertz CT molecular complexity index is 1220. The van der Waals surface area contributed by atoms with Crippen molar-refractivity contribution in [2.24, 2.45) is 0 Å². The SMILES string of the molecule is CCCCCCCC(OS(=O)(=O)[O-])c1ccc(C(F)(F)C(F)(F)C(F)(F)C(F)(F)C(F)(F)C(F)(F)C(F)(F)C(F)(F)F)cc1.[Na+]. The van der Waals surface area contributed by atoms with Gasteiger partial charge >= 0.3 is 77.2 Å². The van der Waals surface area contributed by atoms with Gasteiger partial charge in [-0.05, 0) is 12.0 Å². The summed E-state index contributed by atoms with van der Waals surface area (Å²) in [5, 5.41) is 0. The molecule has 0 aliphatic rings. The predicted octanol–water partition coefficient (Wildman–Crippen LogP) is 6.03. The molecule has 1 aromatic carbocycles. The summed E-state index contributed by atoms with van der Waals surface area (Å²) in [7, 11) is -5.52. The molecule has 0 N–H and O–H groups in total. The molecule has 0 spiro atoms. The van der Waals surface area contributed by atoms with Crippen LogP contribution in [0.4, 0.5) is 74.6 Å². The number of alkyl halides is 17. The number of hydrogen-bond donors (Lipinski definition) is 0. The van der Waals surface area contributed by atoms with E-state index < -0.39 is 75.3 Å².